The molecule has 0 saturated heterocycles. The van der Waals surface area contributed by atoms with Crippen LogP contribution >= 0.6 is 0 Å². The van der Waals surface area contributed by atoms with Crippen molar-refractivity contribution in [2.24, 2.45) is 28.1 Å². The molecule has 0 aromatic heterocycles. The minimum Gasteiger partial charge on any atom is -0.511 e. The van der Waals surface area contributed by atoms with Gasteiger partial charge in [0.25, 0.3) is 15.9 Å². The molecule has 0 radical (unpaired) electrons. The number of fused-ring (bicyclic) bond motifs is 6. The first-order chi connectivity index (χ1) is 14.7. The van der Waals surface area contributed by atoms with Crippen LogP contribution in [0.1, 0.15) is 26.7 Å². The summed E-state index contributed by atoms with van der Waals surface area (Å²) in [5, 5.41) is 14.2. The number of carbonyl (C=O) groups is 1. The number of aliphatic hydroxyl groups is 1. The summed E-state index contributed by atoms with van der Waals surface area (Å²) < 4.78 is 29.5. The first-order valence-electron chi connectivity index (χ1n) is 10.6. The molecule has 2 aliphatic carbocycles. The van der Waals surface area contributed by atoms with Crippen LogP contribution in [0.2, 0.25) is 0 Å². The maximum Gasteiger partial charge on any atom is 0.286 e. The standard InChI is InChI=1S/C22H26N4O4S/c1-11(2)7-8-26-19-13-4-3-12(9-13)17(19)20(27)18(22(26)28)21-24-15-6-5-14(23)10-16(15)31(29,30)25-21/h3-6,10-13,17,19,27H,7-9,23H2,1-2H3,(H,24,25). The predicted molar refractivity (Wildman–Crippen MR) is 118 cm³/mol. The van der Waals surface area contributed by atoms with E-state index in [1.54, 1.807) is 12.1 Å². The molecule has 164 valence electrons. The predicted octanol–water partition coefficient (Wildman–Crippen LogP) is 2.67. The molecule has 1 saturated carbocycles. The van der Waals surface area contributed by atoms with E-state index in [1.807, 2.05) is 4.90 Å². The van der Waals surface area contributed by atoms with Crippen molar-refractivity contribution in [1.82, 2.24) is 4.90 Å². The summed E-state index contributed by atoms with van der Waals surface area (Å²) in [6.45, 7) is 4.75. The van der Waals surface area contributed by atoms with E-state index >= 15 is 0 Å². The maximum atomic E-state index is 13.6. The van der Waals surface area contributed by atoms with E-state index in [0.29, 0.717) is 18.2 Å². The molecule has 1 aromatic carbocycles. The van der Waals surface area contributed by atoms with Gasteiger partial charge in [0.05, 0.1) is 5.69 Å². The normalized spacial score (nSPS) is 30.4. The number of rotatable bonds is 4. The largest absolute Gasteiger partial charge is 0.511 e. The van der Waals surface area contributed by atoms with Crippen molar-refractivity contribution in [2.45, 2.75) is 37.6 Å². The second kappa shape index (κ2) is 6.85. The molecule has 5 rings (SSSR count). The summed E-state index contributed by atoms with van der Waals surface area (Å²) in [7, 11) is -4.07. The van der Waals surface area contributed by atoms with E-state index in [-0.39, 0.29) is 57.5 Å². The molecule has 4 unspecified atom stereocenters. The van der Waals surface area contributed by atoms with Gasteiger partial charge in [0.1, 0.15) is 16.2 Å². The van der Waals surface area contributed by atoms with Gasteiger partial charge in [-0.25, -0.2) is 0 Å². The molecule has 4 aliphatic rings. The molecule has 4 atom stereocenters. The number of amidine groups is 1. The van der Waals surface area contributed by atoms with Crippen molar-refractivity contribution in [2.75, 3.05) is 17.6 Å². The Morgan fingerprint density at radius 1 is 1.29 bits per heavy atom. The Labute approximate surface area is 181 Å². The monoisotopic (exact) mass is 442 g/mol. The number of nitrogen functional groups attached to an aromatic ring is 1. The van der Waals surface area contributed by atoms with Gasteiger partial charge in [0, 0.05) is 24.2 Å². The molecule has 1 fully saturated rings. The number of nitrogens with two attached hydrogens (primary N) is 1. The fourth-order valence-electron chi connectivity index (χ4n) is 5.29. The van der Waals surface area contributed by atoms with Crippen LogP contribution in [0.15, 0.2) is 51.0 Å². The Morgan fingerprint density at radius 2 is 2.03 bits per heavy atom. The van der Waals surface area contributed by atoms with Gasteiger partial charge in [-0.15, -0.1) is 4.40 Å². The number of amides is 1. The van der Waals surface area contributed by atoms with Crippen LogP contribution < -0.4 is 11.1 Å². The minimum atomic E-state index is -4.07. The number of nitrogens with one attached hydrogen (secondary N) is 1. The third-order valence-corrected chi connectivity index (χ3v) is 8.07. The van der Waals surface area contributed by atoms with Crippen molar-refractivity contribution in [3.8, 4) is 0 Å². The van der Waals surface area contributed by atoms with E-state index in [4.69, 9.17) is 5.73 Å². The fraction of sp³-hybridized carbons (Fsp3) is 0.455. The summed E-state index contributed by atoms with van der Waals surface area (Å²) >= 11 is 0. The summed E-state index contributed by atoms with van der Waals surface area (Å²) in [5.41, 5.74) is 6.28. The first kappa shape index (κ1) is 20.1. The number of hydrogen-bond donors (Lipinski definition) is 3. The van der Waals surface area contributed by atoms with Crippen LogP contribution in [0.4, 0.5) is 11.4 Å². The number of benzene rings is 1. The molecule has 0 spiro atoms. The average molecular weight is 443 g/mol. The van der Waals surface area contributed by atoms with Crippen LogP contribution in [0.3, 0.4) is 0 Å². The zero-order valence-corrected chi connectivity index (χ0v) is 18.3. The summed E-state index contributed by atoms with van der Waals surface area (Å²) in [4.78, 5) is 15.4. The van der Waals surface area contributed by atoms with Gasteiger partial charge >= 0.3 is 0 Å². The third kappa shape index (κ3) is 3.05. The van der Waals surface area contributed by atoms with E-state index < -0.39 is 10.0 Å². The highest BCUT2D eigenvalue weighted by Gasteiger charge is 2.55. The number of carbonyl (C=O) groups excluding carboxylic acids is 1. The van der Waals surface area contributed by atoms with E-state index in [9.17, 15) is 18.3 Å². The third-order valence-electron chi connectivity index (χ3n) is 6.76. The summed E-state index contributed by atoms with van der Waals surface area (Å²) in [6, 6.07) is 4.35. The van der Waals surface area contributed by atoms with Crippen LogP contribution in [0, 0.1) is 23.7 Å². The molecule has 31 heavy (non-hydrogen) atoms. The number of allylic oxidation sites excluding steroid dienone is 1. The van der Waals surface area contributed by atoms with Crippen molar-refractivity contribution in [3.05, 3.63) is 41.7 Å². The van der Waals surface area contributed by atoms with Gasteiger partial charge in [-0.2, -0.15) is 8.42 Å². The van der Waals surface area contributed by atoms with Gasteiger partial charge in [-0.05, 0) is 48.8 Å². The number of aliphatic hydroxyl groups excluding tert-OH is 1. The Hall–Kier alpha value is -2.81. The van der Waals surface area contributed by atoms with Crippen molar-refractivity contribution >= 4 is 33.1 Å². The van der Waals surface area contributed by atoms with Crippen LogP contribution in [0.25, 0.3) is 0 Å². The molecule has 2 aliphatic heterocycles. The molecule has 1 amide bonds. The molecule has 2 bridgehead atoms. The molecular weight excluding hydrogens is 416 g/mol. The fourth-order valence-corrected chi connectivity index (χ4v) is 6.45. The van der Waals surface area contributed by atoms with Crippen LogP contribution in [-0.2, 0) is 14.8 Å². The zero-order valence-electron chi connectivity index (χ0n) is 17.4. The number of anilines is 2. The van der Waals surface area contributed by atoms with E-state index in [1.165, 1.54) is 6.07 Å². The number of sulfonamides is 1. The van der Waals surface area contributed by atoms with Crippen molar-refractivity contribution < 1.29 is 18.3 Å². The second-order valence-electron chi connectivity index (χ2n) is 9.20. The molecule has 9 heteroatoms. The topological polar surface area (TPSA) is 125 Å². The molecule has 4 N–H and O–H groups in total. The van der Waals surface area contributed by atoms with E-state index in [2.05, 4.69) is 35.7 Å². The van der Waals surface area contributed by atoms with Crippen LogP contribution in [-0.4, -0.2) is 42.8 Å². The molecule has 2 heterocycles. The lowest BCUT2D eigenvalue weighted by Crippen LogP contribution is -2.54. The van der Waals surface area contributed by atoms with Crippen molar-refractivity contribution in [3.63, 3.8) is 0 Å². The number of hydrogen-bond acceptors (Lipinski definition) is 6. The highest BCUT2D eigenvalue weighted by Crippen LogP contribution is 2.52. The SMILES string of the molecule is CC(C)CCN1C(=O)C(C2=NS(=O)(=O)c3cc(N)ccc3N2)=C(O)C2C3C=CC(C3)C21. The van der Waals surface area contributed by atoms with Gasteiger partial charge in [-0.1, -0.05) is 26.0 Å². The van der Waals surface area contributed by atoms with Crippen LogP contribution in [0.5, 0.6) is 0 Å². The minimum absolute atomic E-state index is 0.0444. The van der Waals surface area contributed by atoms with Gasteiger partial charge in [0.2, 0.25) is 0 Å². The Kier molecular flexibility index (Phi) is 4.44. The lowest BCUT2D eigenvalue weighted by Gasteiger charge is -2.43. The Balaban J connectivity index is 1.61. The van der Waals surface area contributed by atoms with Gasteiger partial charge < -0.3 is 21.1 Å². The Morgan fingerprint density at radius 3 is 2.77 bits per heavy atom. The smallest absolute Gasteiger partial charge is 0.286 e. The zero-order chi connectivity index (χ0) is 22.1. The lowest BCUT2D eigenvalue weighted by atomic mass is 9.80. The maximum absolute atomic E-state index is 13.6. The number of nitrogens with zero attached hydrogens (tertiary/aromatic N) is 2. The summed E-state index contributed by atoms with van der Waals surface area (Å²) in [5.74, 6) is -0.0506. The average Bonchev–Trinajstić information content (AvgIpc) is 3.30. The highest BCUT2D eigenvalue weighted by molar-refractivity contribution is 7.90. The first-order valence-corrected chi connectivity index (χ1v) is 12.1. The second-order valence-corrected chi connectivity index (χ2v) is 10.8. The lowest BCUT2D eigenvalue weighted by molar-refractivity contribution is -0.132. The summed E-state index contributed by atoms with van der Waals surface area (Å²) in [6.07, 6.45) is 5.95. The Bertz CT molecular complexity index is 1170. The van der Waals surface area contributed by atoms with Gasteiger partial charge in [-0.3, -0.25) is 4.79 Å². The molecule has 1 aromatic rings. The molecule has 8 nitrogen and oxygen atoms in total. The molecular formula is C22H26N4O4S. The highest BCUT2D eigenvalue weighted by atomic mass is 32.2. The quantitative estimate of drug-likeness (QED) is 0.486. The van der Waals surface area contributed by atoms with E-state index in [0.717, 1.165) is 12.8 Å². The van der Waals surface area contributed by atoms with Crippen molar-refractivity contribution in [1.29, 1.82) is 0 Å². The van der Waals surface area contributed by atoms with Gasteiger partial charge in [0.15, 0.2) is 5.84 Å².